The highest BCUT2D eigenvalue weighted by atomic mass is 32.2. The predicted molar refractivity (Wildman–Crippen MR) is 112 cm³/mol. The van der Waals surface area contributed by atoms with E-state index >= 15 is 0 Å². The molecule has 7 heteroatoms. The van der Waals surface area contributed by atoms with E-state index < -0.39 is 10.0 Å². The van der Waals surface area contributed by atoms with Crippen LogP contribution in [-0.2, 0) is 14.8 Å². The number of sulfonamides is 1. The van der Waals surface area contributed by atoms with E-state index in [0.717, 1.165) is 23.8 Å². The molecule has 0 spiro atoms. The molecule has 0 aliphatic rings. The van der Waals surface area contributed by atoms with Crippen molar-refractivity contribution in [1.82, 2.24) is 5.32 Å². The number of aryl methyl sites for hydroxylation is 2. The second kappa shape index (κ2) is 9.10. The normalized spacial score (nSPS) is 12.3. The minimum atomic E-state index is -3.32. The maximum Gasteiger partial charge on any atom is 0.258 e. The molecule has 6 nitrogen and oxygen atoms in total. The standard InChI is InChI=1S/C21H28N2O4S/c1-6-20(19-12-7-15(2)13-16(19)3)22-21(24)14-27-18-10-8-17(9-11-18)23(4)28(5,25)26/h7-13,20H,6,14H2,1-5H3,(H,22,24). The first-order valence-corrected chi connectivity index (χ1v) is 11.0. The molecule has 2 aromatic rings. The average molecular weight is 405 g/mol. The third kappa shape index (κ3) is 5.73. The molecule has 152 valence electrons. The number of anilines is 1. The molecule has 1 amide bonds. The van der Waals surface area contributed by atoms with Crippen LogP contribution in [0.1, 0.15) is 36.1 Å². The Morgan fingerprint density at radius 1 is 1.14 bits per heavy atom. The Labute approximate surface area is 167 Å². The molecule has 1 unspecified atom stereocenters. The molecule has 0 aromatic heterocycles. The molecule has 0 saturated carbocycles. The summed E-state index contributed by atoms with van der Waals surface area (Å²) >= 11 is 0. The number of carbonyl (C=O) groups excluding carboxylic acids is 1. The minimum absolute atomic E-state index is 0.0671. The number of hydrogen-bond donors (Lipinski definition) is 1. The maximum atomic E-state index is 12.3. The van der Waals surface area contributed by atoms with E-state index in [0.29, 0.717) is 11.4 Å². The first kappa shape index (κ1) is 21.8. The Bertz CT molecular complexity index is 924. The second-order valence-corrected chi connectivity index (χ2v) is 8.92. The van der Waals surface area contributed by atoms with E-state index in [9.17, 15) is 13.2 Å². The van der Waals surface area contributed by atoms with Crippen LogP contribution in [0, 0.1) is 13.8 Å². The van der Waals surface area contributed by atoms with Crippen molar-refractivity contribution in [1.29, 1.82) is 0 Å². The molecule has 1 N–H and O–H groups in total. The van der Waals surface area contributed by atoms with Gasteiger partial charge in [0.25, 0.3) is 5.91 Å². The molecule has 28 heavy (non-hydrogen) atoms. The quantitative estimate of drug-likeness (QED) is 0.732. The summed E-state index contributed by atoms with van der Waals surface area (Å²) in [5.41, 5.74) is 3.98. The minimum Gasteiger partial charge on any atom is -0.484 e. The van der Waals surface area contributed by atoms with Crippen LogP contribution in [0.25, 0.3) is 0 Å². The number of nitrogens with zero attached hydrogens (tertiary/aromatic N) is 1. The van der Waals surface area contributed by atoms with Crippen LogP contribution < -0.4 is 14.4 Å². The van der Waals surface area contributed by atoms with Gasteiger partial charge in [-0.2, -0.15) is 0 Å². The van der Waals surface area contributed by atoms with Gasteiger partial charge in [0.15, 0.2) is 6.61 Å². The smallest absolute Gasteiger partial charge is 0.258 e. The van der Waals surface area contributed by atoms with E-state index in [1.54, 1.807) is 24.3 Å². The fourth-order valence-corrected chi connectivity index (χ4v) is 3.45. The van der Waals surface area contributed by atoms with Gasteiger partial charge in [0.2, 0.25) is 10.0 Å². The Balaban J connectivity index is 1.96. The van der Waals surface area contributed by atoms with Crippen molar-refractivity contribution in [3.8, 4) is 5.75 Å². The van der Waals surface area contributed by atoms with E-state index in [-0.39, 0.29) is 18.6 Å². The van der Waals surface area contributed by atoms with Gasteiger partial charge < -0.3 is 10.1 Å². The van der Waals surface area contributed by atoms with Gasteiger partial charge >= 0.3 is 0 Å². The summed E-state index contributed by atoms with van der Waals surface area (Å²) in [7, 11) is -1.83. The lowest BCUT2D eigenvalue weighted by Gasteiger charge is -2.20. The number of carbonyl (C=O) groups is 1. The van der Waals surface area contributed by atoms with Crippen molar-refractivity contribution >= 4 is 21.6 Å². The predicted octanol–water partition coefficient (Wildman–Crippen LogP) is 3.35. The summed E-state index contributed by atoms with van der Waals surface area (Å²) in [5, 5.41) is 3.01. The Kier molecular flexibility index (Phi) is 7.07. The van der Waals surface area contributed by atoms with Crippen molar-refractivity contribution in [2.24, 2.45) is 0 Å². The number of benzene rings is 2. The van der Waals surface area contributed by atoms with Crippen LogP contribution in [-0.4, -0.2) is 34.2 Å². The summed E-state index contributed by atoms with van der Waals surface area (Å²) in [6.07, 6.45) is 1.92. The summed E-state index contributed by atoms with van der Waals surface area (Å²) in [4.78, 5) is 12.3. The van der Waals surface area contributed by atoms with E-state index in [2.05, 4.69) is 17.4 Å². The van der Waals surface area contributed by atoms with Gasteiger partial charge in [0.1, 0.15) is 5.75 Å². The molecule has 0 heterocycles. The monoisotopic (exact) mass is 404 g/mol. The fraction of sp³-hybridized carbons (Fsp3) is 0.381. The highest BCUT2D eigenvalue weighted by molar-refractivity contribution is 7.92. The largest absolute Gasteiger partial charge is 0.484 e. The summed E-state index contributed by atoms with van der Waals surface area (Å²) in [6.45, 7) is 6.01. The summed E-state index contributed by atoms with van der Waals surface area (Å²) < 4.78 is 29.8. The zero-order valence-corrected chi connectivity index (χ0v) is 17.8. The first-order valence-electron chi connectivity index (χ1n) is 9.15. The zero-order valence-electron chi connectivity index (χ0n) is 17.0. The van der Waals surface area contributed by atoms with Gasteiger partial charge in [-0.25, -0.2) is 8.42 Å². The highest BCUT2D eigenvalue weighted by Crippen LogP contribution is 2.22. The van der Waals surface area contributed by atoms with Crippen molar-refractivity contribution in [2.45, 2.75) is 33.2 Å². The van der Waals surface area contributed by atoms with Crippen molar-refractivity contribution < 1.29 is 17.9 Å². The molecule has 0 radical (unpaired) electrons. The lowest BCUT2D eigenvalue weighted by molar-refractivity contribution is -0.123. The van der Waals surface area contributed by atoms with Crippen LogP contribution in [0.4, 0.5) is 5.69 Å². The summed E-state index contributed by atoms with van der Waals surface area (Å²) in [5.74, 6) is 0.296. The van der Waals surface area contributed by atoms with Crippen LogP contribution in [0.15, 0.2) is 42.5 Å². The van der Waals surface area contributed by atoms with Gasteiger partial charge in [0, 0.05) is 7.05 Å². The molecule has 0 fully saturated rings. The summed E-state index contributed by atoms with van der Waals surface area (Å²) in [6, 6.07) is 12.7. The first-order chi connectivity index (χ1) is 13.1. The lowest BCUT2D eigenvalue weighted by Crippen LogP contribution is -2.32. The Hall–Kier alpha value is -2.54. The van der Waals surface area contributed by atoms with Crippen LogP contribution in [0.2, 0.25) is 0 Å². The molecular weight excluding hydrogens is 376 g/mol. The zero-order chi connectivity index (χ0) is 20.9. The second-order valence-electron chi connectivity index (χ2n) is 6.90. The van der Waals surface area contributed by atoms with E-state index in [4.69, 9.17) is 4.74 Å². The van der Waals surface area contributed by atoms with Crippen molar-refractivity contribution in [2.75, 3.05) is 24.2 Å². The third-order valence-electron chi connectivity index (χ3n) is 4.61. The molecule has 0 aliphatic heterocycles. The molecule has 0 aliphatic carbocycles. The van der Waals surface area contributed by atoms with Crippen LogP contribution in [0.3, 0.4) is 0 Å². The third-order valence-corrected chi connectivity index (χ3v) is 5.82. The van der Waals surface area contributed by atoms with Gasteiger partial charge in [-0.15, -0.1) is 0 Å². The molecular formula is C21H28N2O4S. The average Bonchev–Trinajstić information content (AvgIpc) is 2.64. The molecule has 2 rings (SSSR count). The fourth-order valence-electron chi connectivity index (χ4n) is 2.94. The van der Waals surface area contributed by atoms with Crippen LogP contribution in [0.5, 0.6) is 5.75 Å². The van der Waals surface area contributed by atoms with Crippen LogP contribution >= 0.6 is 0 Å². The number of rotatable bonds is 8. The number of hydrogen-bond acceptors (Lipinski definition) is 4. The molecule has 2 aromatic carbocycles. The van der Waals surface area contributed by atoms with Gasteiger partial charge in [0.05, 0.1) is 18.0 Å². The van der Waals surface area contributed by atoms with E-state index in [1.807, 2.05) is 26.8 Å². The molecule has 1 atom stereocenters. The molecule has 0 saturated heterocycles. The highest BCUT2D eigenvalue weighted by Gasteiger charge is 2.16. The molecule has 0 bridgehead atoms. The number of nitrogens with one attached hydrogen (secondary N) is 1. The lowest BCUT2D eigenvalue weighted by atomic mass is 9.97. The maximum absolute atomic E-state index is 12.3. The van der Waals surface area contributed by atoms with E-state index in [1.165, 1.54) is 16.9 Å². The van der Waals surface area contributed by atoms with Gasteiger partial charge in [-0.3, -0.25) is 9.10 Å². The number of ether oxygens (including phenoxy) is 1. The SMILES string of the molecule is CCC(NC(=O)COc1ccc(N(C)S(C)(=O)=O)cc1)c1ccc(C)cc1C. The van der Waals surface area contributed by atoms with Crippen molar-refractivity contribution in [3.05, 3.63) is 59.2 Å². The van der Waals surface area contributed by atoms with Crippen molar-refractivity contribution in [3.63, 3.8) is 0 Å². The number of amides is 1. The topological polar surface area (TPSA) is 75.7 Å². The Morgan fingerprint density at radius 2 is 1.79 bits per heavy atom. The van der Waals surface area contributed by atoms with Gasteiger partial charge in [-0.05, 0) is 55.7 Å². The van der Waals surface area contributed by atoms with Gasteiger partial charge in [-0.1, -0.05) is 30.7 Å². The Morgan fingerprint density at radius 3 is 2.32 bits per heavy atom.